The van der Waals surface area contributed by atoms with Crippen molar-refractivity contribution in [2.24, 2.45) is 23.0 Å². The van der Waals surface area contributed by atoms with E-state index in [1.165, 1.54) is 11.0 Å². The first-order chi connectivity index (χ1) is 14.5. The number of ketones is 1. The van der Waals surface area contributed by atoms with Gasteiger partial charge in [-0.05, 0) is 30.1 Å². The van der Waals surface area contributed by atoms with Gasteiger partial charge < -0.3 is 26.6 Å². The number of nitrogens with one attached hydrogen (secondary N) is 3. The molecule has 1 aliphatic heterocycles. The number of hydrogen-bond acceptors (Lipinski definition) is 5. The number of urea groups is 1. The van der Waals surface area contributed by atoms with Crippen LogP contribution in [0.3, 0.4) is 0 Å². The number of carbonyl (C=O) groups is 5. The highest BCUT2D eigenvalue weighted by atomic mass is 16.2. The number of rotatable bonds is 8. The van der Waals surface area contributed by atoms with E-state index in [9.17, 15) is 24.0 Å². The first kappa shape index (κ1) is 24.4. The van der Waals surface area contributed by atoms with Gasteiger partial charge in [0.1, 0.15) is 12.1 Å². The fourth-order valence-corrected chi connectivity index (χ4v) is 4.44. The number of nitrogens with zero attached hydrogens (tertiary/aromatic N) is 1. The molecule has 2 rings (SSSR count). The minimum absolute atomic E-state index is 0.0251. The van der Waals surface area contributed by atoms with Crippen molar-refractivity contribution in [3.8, 4) is 0 Å². The fourth-order valence-electron chi connectivity index (χ4n) is 4.44. The van der Waals surface area contributed by atoms with Crippen molar-refractivity contribution >= 4 is 29.5 Å². The molecule has 1 aliphatic carbocycles. The van der Waals surface area contributed by atoms with Crippen LogP contribution >= 0.6 is 0 Å². The highest BCUT2D eigenvalue weighted by molar-refractivity contribution is 6.37. The van der Waals surface area contributed by atoms with E-state index >= 15 is 0 Å². The van der Waals surface area contributed by atoms with E-state index in [4.69, 9.17) is 5.73 Å². The molecule has 0 aromatic carbocycles. The molecule has 0 unspecified atom stereocenters. The molecule has 0 aromatic heterocycles. The molecule has 172 valence electrons. The van der Waals surface area contributed by atoms with Gasteiger partial charge in [-0.25, -0.2) is 4.79 Å². The second-order valence-electron chi connectivity index (χ2n) is 9.24. The number of carbonyl (C=O) groups excluding carboxylic acids is 5. The summed E-state index contributed by atoms with van der Waals surface area (Å²) in [4.78, 5) is 63.1. The minimum Gasteiger partial charge on any atom is -0.352 e. The molecular weight excluding hydrogens is 402 g/mol. The van der Waals surface area contributed by atoms with Crippen LogP contribution in [0.4, 0.5) is 4.79 Å². The summed E-state index contributed by atoms with van der Waals surface area (Å²) in [5.41, 5.74) is 4.65. The first-order valence-corrected chi connectivity index (χ1v) is 10.5. The lowest BCUT2D eigenvalue weighted by molar-refractivity contribution is -0.143. The van der Waals surface area contributed by atoms with Crippen LogP contribution < -0.4 is 21.7 Å². The summed E-state index contributed by atoms with van der Waals surface area (Å²) in [6.45, 7) is 8.96. The van der Waals surface area contributed by atoms with Crippen molar-refractivity contribution in [3.05, 3.63) is 12.7 Å². The van der Waals surface area contributed by atoms with Gasteiger partial charge in [-0.3, -0.25) is 19.2 Å². The lowest BCUT2D eigenvalue weighted by Gasteiger charge is -2.35. The lowest BCUT2D eigenvalue weighted by atomic mass is 9.85. The molecule has 31 heavy (non-hydrogen) atoms. The van der Waals surface area contributed by atoms with Crippen LogP contribution in [0.25, 0.3) is 0 Å². The maximum Gasteiger partial charge on any atom is 0.312 e. The molecule has 0 bridgehead atoms. The van der Waals surface area contributed by atoms with Gasteiger partial charge >= 0.3 is 6.03 Å². The SMILES string of the molecule is C=CCNC(=O)C(=O)CNC(=O)[C@@H]1[C@H]2CCC[C@H]2CN1C(=O)[C@@H](NC(N)=O)C(C)(C)C. The molecule has 5 N–H and O–H groups in total. The third-order valence-electron chi connectivity index (χ3n) is 5.93. The maximum atomic E-state index is 13.4. The molecule has 10 heteroatoms. The van der Waals surface area contributed by atoms with Gasteiger partial charge in [0.25, 0.3) is 5.91 Å². The van der Waals surface area contributed by atoms with Gasteiger partial charge in [0, 0.05) is 13.1 Å². The van der Waals surface area contributed by atoms with E-state index in [-0.39, 0.29) is 24.3 Å². The smallest absolute Gasteiger partial charge is 0.312 e. The zero-order valence-corrected chi connectivity index (χ0v) is 18.4. The Morgan fingerprint density at radius 2 is 1.84 bits per heavy atom. The van der Waals surface area contributed by atoms with Crippen LogP contribution in [0.5, 0.6) is 0 Å². The van der Waals surface area contributed by atoms with Crippen LogP contribution in [0.1, 0.15) is 40.0 Å². The van der Waals surface area contributed by atoms with E-state index in [1.807, 2.05) is 0 Å². The number of nitrogens with two attached hydrogens (primary N) is 1. The number of primary amides is 1. The molecule has 1 saturated heterocycles. The second kappa shape index (κ2) is 9.93. The van der Waals surface area contributed by atoms with Crippen molar-refractivity contribution in [3.63, 3.8) is 0 Å². The molecule has 1 heterocycles. The third kappa shape index (κ3) is 5.83. The van der Waals surface area contributed by atoms with Crippen LogP contribution in [0, 0.1) is 17.3 Å². The van der Waals surface area contributed by atoms with Crippen molar-refractivity contribution in [1.82, 2.24) is 20.9 Å². The van der Waals surface area contributed by atoms with E-state index in [0.29, 0.717) is 6.54 Å². The second-order valence-corrected chi connectivity index (χ2v) is 9.24. The Kier molecular flexibility index (Phi) is 7.80. The fraction of sp³-hybridized carbons (Fsp3) is 0.667. The van der Waals surface area contributed by atoms with Crippen molar-refractivity contribution < 1.29 is 24.0 Å². The zero-order valence-electron chi connectivity index (χ0n) is 18.4. The molecule has 1 saturated carbocycles. The number of likely N-dealkylation sites (tertiary alicyclic amines) is 1. The van der Waals surface area contributed by atoms with Crippen LogP contribution in [0.15, 0.2) is 12.7 Å². The summed E-state index contributed by atoms with van der Waals surface area (Å²) < 4.78 is 0. The summed E-state index contributed by atoms with van der Waals surface area (Å²) in [6.07, 6.45) is 4.11. The highest BCUT2D eigenvalue weighted by Gasteiger charge is 2.51. The standard InChI is InChI=1S/C21H33N5O5/c1-5-9-23-17(28)14(27)10-24-18(29)15-13-8-6-7-12(13)11-26(15)19(30)16(21(2,3)4)25-20(22)31/h5,12-13,15-16H,1,6-11H2,2-4H3,(H,23,28)(H,24,29)(H3,22,25,31)/t12-,13-,15-,16+/m0/s1. The molecule has 2 fully saturated rings. The number of hydrogen-bond donors (Lipinski definition) is 4. The average Bonchev–Trinajstić information content (AvgIpc) is 3.27. The molecule has 4 atom stereocenters. The molecule has 0 radical (unpaired) electrons. The summed E-state index contributed by atoms with van der Waals surface area (Å²) in [6, 6.07) is -2.47. The summed E-state index contributed by atoms with van der Waals surface area (Å²) >= 11 is 0. The van der Waals surface area contributed by atoms with Gasteiger partial charge in [0.05, 0.1) is 6.54 Å². The van der Waals surface area contributed by atoms with Crippen molar-refractivity contribution in [2.75, 3.05) is 19.6 Å². The molecular formula is C21H33N5O5. The predicted molar refractivity (Wildman–Crippen MR) is 114 cm³/mol. The Balaban J connectivity index is 2.16. The molecule has 2 aliphatic rings. The van der Waals surface area contributed by atoms with E-state index in [0.717, 1.165) is 19.3 Å². The zero-order chi connectivity index (χ0) is 23.3. The van der Waals surface area contributed by atoms with Crippen molar-refractivity contribution in [1.29, 1.82) is 0 Å². The molecule has 5 amide bonds. The number of amides is 5. The molecule has 10 nitrogen and oxygen atoms in total. The number of fused-ring (bicyclic) bond motifs is 1. The van der Waals surface area contributed by atoms with Crippen molar-refractivity contribution in [2.45, 2.75) is 52.1 Å². The van der Waals surface area contributed by atoms with Crippen LogP contribution in [0.2, 0.25) is 0 Å². The topological polar surface area (TPSA) is 151 Å². The molecule has 0 aromatic rings. The van der Waals surface area contributed by atoms with Gasteiger partial charge in [0.15, 0.2) is 0 Å². The van der Waals surface area contributed by atoms with Crippen LogP contribution in [-0.2, 0) is 19.2 Å². The maximum absolute atomic E-state index is 13.4. The Bertz CT molecular complexity index is 760. The quantitative estimate of drug-likeness (QED) is 0.304. The van der Waals surface area contributed by atoms with Crippen LogP contribution in [-0.4, -0.2) is 66.2 Å². The monoisotopic (exact) mass is 435 g/mol. The highest BCUT2D eigenvalue weighted by Crippen LogP contribution is 2.43. The van der Waals surface area contributed by atoms with Gasteiger partial charge in [-0.2, -0.15) is 0 Å². The molecule has 0 spiro atoms. The summed E-state index contributed by atoms with van der Waals surface area (Å²) in [5.74, 6) is -2.28. The van der Waals surface area contributed by atoms with E-state index in [2.05, 4.69) is 22.5 Å². The lowest BCUT2D eigenvalue weighted by Crippen LogP contribution is -2.59. The average molecular weight is 436 g/mol. The van der Waals surface area contributed by atoms with E-state index in [1.54, 1.807) is 20.8 Å². The Hall–Kier alpha value is -2.91. The predicted octanol–water partition coefficient (Wildman–Crippen LogP) is -0.316. The largest absolute Gasteiger partial charge is 0.352 e. The van der Waals surface area contributed by atoms with E-state index < -0.39 is 47.7 Å². The summed E-state index contributed by atoms with van der Waals surface area (Å²) in [5, 5.41) is 7.39. The first-order valence-electron chi connectivity index (χ1n) is 10.5. The third-order valence-corrected chi connectivity index (χ3v) is 5.93. The van der Waals surface area contributed by atoms with Gasteiger partial charge in [-0.15, -0.1) is 6.58 Å². The number of Topliss-reactive ketones (excluding diaryl/α,β-unsaturated/α-hetero) is 1. The van der Waals surface area contributed by atoms with Gasteiger partial charge in [-0.1, -0.05) is 33.3 Å². The normalized spacial score (nSPS) is 23.5. The Labute approximate surface area is 182 Å². The minimum atomic E-state index is -0.898. The van der Waals surface area contributed by atoms with Gasteiger partial charge in [0.2, 0.25) is 17.6 Å². The Morgan fingerprint density at radius 3 is 2.42 bits per heavy atom. The summed E-state index contributed by atoms with van der Waals surface area (Å²) in [7, 11) is 0. The Morgan fingerprint density at radius 1 is 1.16 bits per heavy atom.